The van der Waals surface area contributed by atoms with Crippen LogP contribution in [0, 0.1) is 27.7 Å². The Kier molecular flexibility index (Phi) is 10.1. The minimum absolute atomic E-state index is 0.0952. The van der Waals surface area contributed by atoms with E-state index >= 15 is 0 Å². The Hall–Kier alpha value is -3.65. The van der Waals surface area contributed by atoms with Gasteiger partial charge in [0.2, 0.25) is 11.8 Å². The van der Waals surface area contributed by atoms with Crippen molar-refractivity contribution in [1.82, 2.24) is 10.2 Å². The molecule has 42 heavy (non-hydrogen) atoms. The van der Waals surface area contributed by atoms with E-state index in [-0.39, 0.29) is 23.4 Å². The number of rotatable bonds is 10. The quantitative estimate of drug-likeness (QED) is 0.315. The molecule has 1 saturated carbocycles. The van der Waals surface area contributed by atoms with Gasteiger partial charge in [0.05, 0.1) is 10.6 Å². The van der Waals surface area contributed by atoms with Gasteiger partial charge in [0, 0.05) is 12.6 Å². The Labute approximate surface area is 251 Å². The van der Waals surface area contributed by atoms with Gasteiger partial charge in [-0.05, 0) is 94.0 Å². The Balaban J connectivity index is 1.71. The molecular formula is C34H43N3O4S. The highest BCUT2D eigenvalue weighted by Gasteiger charge is 2.33. The van der Waals surface area contributed by atoms with Crippen molar-refractivity contribution < 1.29 is 18.0 Å². The number of nitrogens with zero attached hydrogens (tertiary/aromatic N) is 2. The van der Waals surface area contributed by atoms with Gasteiger partial charge in [-0.3, -0.25) is 13.9 Å². The summed E-state index contributed by atoms with van der Waals surface area (Å²) in [5, 5.41) is 3.15. The molecule has 4 rings (SSSR count). The first-order valence-corrected chi connectivity index (χ1v) is 16.2. The number of benzene rings is 3. The molecule has 1 aliphatic rings. The molecule has 3 aromatic rings. The Morgan fingerprint density at radius 3 is 2.10 bits per heavy atom. The van der Waals surface area contributed by atoms with E-state index in [9.17, 15) is 18.0 Å². The molecule has 0 radical (unpaired) electrons. The lowest BCUT2D eigenvalue weighted by Gasteiger charge is -2.33. The molecule has 1 atom stereocenters. The SMILES string of the molecule is Cc1ccc(S(=O)(=O)N(CC(=O)N(Cc2ccccc2C)[C@@H](C)C(=O)NC2CCCCC2)c2cc(C)cc(C)c2)cc1. The maximum Gasteiger partial charge on any atom is 0.264 e. The predicted molar refractivity (Wildman–Crippen MR) is 168 cm³/mol. The highest BCUT2D eigenvalue weighted by Crippen LogP contribution is 2.27. The van der Waals surface area contributed by atoms with E-state index in [1.807, 2.05) is 58.0 Å². The van der Waals surface area contributed by atoms with Gasteiger partial charge in [0.25, 0.3) is 10.0 Å². The molecule has 0 aliphatic heterocycles. The monoisotopic (exact) mass is 589 g/mol. The molecule has 0 unspecified atom stereocenters. The summed E-state index contributed by atoms with van der Waals surface area (Å²) in [5.74, 6) is -0.664. The van der Waals surface area contributed by atoms with E-state index in [1.165, 1.54) is 15.6 Å². The standard InChI is InChI=1S/C34H43N3O4S/c1-24-15-17-32(18-16-24)42(40,41)37(31-20-25(2)19-26(3)21-31)23-33(38)36(22-29-12-10-9-11-27(29)4)28(5)34(39)35-30-13-7-6-8-14-30/h9-12,15-21,28,30H,6-8,13-14,22-23H2,1-5H3,(H,35,39)/t28-/m0/s1. The number of amides is 2. The molecule has 7 nitrogen and oxygen atoms in total. The molecule has 0 spiro atoms. The second-order valence-corrected chi connectivity index (χ2v) is 13.5. The molecule has 0 saturated heterocycles. The minimum Gasteiger partial charge on any atom is -0.352 e. The van der Waals surface area contributed by atoms with Crippen LogP contribution < -0.4 is 9.62 Å². The molecule has 1 fully saturated rings. The molecule has 224 valence electrons. The largest absolute Gasteiger partial charge is 0.352 e. The van der Waals surface area contributed by atoms with Gasteiger partial charge in [-0.2, -0.15) is 0 Å². The molecular weight excluding hydrogens is 546 g/mol. The van der Waals surface area contributed by atoms with E-state index in [4.69, 9.17) is 0 Å². The zero-order valence-corrected chi connectivity index (χ0v) is 26.2. The Morgan fingerprint density at radius 2 is 1.48 bits per heavy atom. The van der Waals surface area contributed by atoms with Crippen LogP contribution in [0.25, 0.3) is 0 Å². The molecule has 8 heteroatoms. The smallest absolute Gasteiger partial charge is 0.264 e. The van der Waals surface area contributed by atoms with Crippen LogP contribution in [-0.4, -0.2) is 43.8 Å². The summed E-state index contributed by atoms with van der Waals surface area (Å²) >= 11 is 0. The molecule has 3 aromatic carbocycles. The van der Waals surface area contributed by atoms with E-state index in [2.05, 4.69) is 5.32 Å². The first-order chi connectivity index (χ1) is 20.0. The predicted octanol–water partition coefficient (Wildman–Crippen LogP) is 5.98. The van der Waals surface area contributed by atoms with Gasteiger partial charge in [-0.25, -0.2) is 8.42 Å². The highest BCUT2D eigenvalue weighted by atomic mass is 32.2. The average Bonchev–Trinajstić information content (AvgIpc) is 2.95. The van der Waals surface area contributed by atoms with Gasteiger partial charge in [-0.1, -0.05) is 67.3 Å². The highest BCUT2D eigenvalue weighted by molar-refractivity contribution is 7.92. The summed E-state index contributed by atoms with van der Waals surface area (Å²) in [6, 6.07) is 19.2. The van der Waals surface area contributed by atoms with Crippen molar-refractivity contribution in [2.45, 2.75) is 90.2 Å². The van der Waals surface area contributed by atoms with E-state index in [1.54, 1.807) is 43.3 Å². The van der Waals surface area contributed by atoms with Crippen molar-refractivity contribution in [1.29, 1.82) is 0 Å². The average molecular weight is 590 g/mol. The third-order valence-corrected chi connectivity index (χ3v) is 9.89. The molecule has 0 heterocycles. The second-order valence-electron chi connectivity index (χ2n) is 11.6. The summed E-state index contributed by atoms with van der Waals surface area (Å²) in [6.07, 6.45) is 5.18. The normalized spacial score (nSPS) is 14.7. The maximum absolute atomic E-state index is 14.2. The van der Waals surface area contributed by atoms with Gasteiger partial charge in [0.15, 0.2) is 0 Å². The number of nitrogens with one attached hydrogen (secondary N) is 1. The van der Waals surface area contributed by atoms with Crippen molar-refractivity contribution in [3.63, 3.8) is 0 Å². The lowest BCUT2D eigenvalue weighted by atomic mass is 9.95. The molecule has 0 aromatic heterocycles. The topological polar surface area (TPSA) is 86.8 Å². The van der Waals surface area contributed by atoms with E-state index in [0.717, 1.165) is 53.5 Å². The van der Waals surface area contributed by atoms with Crippen LogP contribution in [0.15, 0.2) is 71.6 Å². The fourth-order valence-corrected chi connectivity index (χ4v) is 6.98. The van der Waals surface area contributed by atoms with Gasteiger partial charge in [-0.15, -0.1) is 0 Å². The number of anilines is 1. The number of carbonyl (C=O) groups is 2. The lowest BCUT2D eigenvalue weighted by Crippen LogP contribution is -2.53. The van der Waals surface area contributed by atoms with Crippen molar-refractivity contribution in [3.05, 3.63) is 94.5 Å². The molecule has 0 bridgehead atoms. The summed E-state index contributed by atoms with van der Waals surface area (Å²) in [6.45, 7) is 9.14. The first-order valence-electron chi connectivity index (χ1n) is 14.8. The summed E-state index contributed by atoms with van der Waals surface area (Å²) in [4.78, 5) is 29.3. The van der Waals surface area contributed by atoms with Crippen LogP contribution >= 0.6 is 0 Å². The summed E-state index contributed by atoms with van der Waals surface area (Å²) < 4.78 is 29.3. The first kappa shape index (κ1) is 31.3. The fourth-order valence-electron chi connectivity index (χ4n) is 5.58. The summed E-state index contributed by atoms with van der Waals surface area (Å²) in [5.41, 5.74) is 5.02. The molecule has 1 aliphatic carbocycles. The second kappa shape index (κ2) is 13.6. The number of sulfonamides is 1. The number of hydrogen-bond donors (Lipinski definition) is 1. The van der Waals surface area contributed by atoms with E-state index < -0.39 is 28.5 Å². The van der Waals surface area contributed by atoms with Crippen molar-refractivity contribution >= 4 is 27.5 Å². The minimum atomic E-state index is -4.10. The van der Waals surface area contributed by atoms with Gasteiger partial charge >= 0.3 is 0 Å². The zero-order chi connectivity index (χ0) is 30.4. The third kappa shape index (κ3) is 7.59. The van der Waals surface area contributed by atoms with Crippen LogP contribution in [0.1, 0.15) is 66.8 Å². The van der Waals surface area contributed by atoms with Gasteiger partial charge < -0.3 is 10.2 Å². The number of aryl methyl sites for hydroxylation is 4. The fraction of sp³-hybridized carbons (Fsp3) is 0.412. The number of hydrogen-bond acceptors (Lipinski definition) is 4. The third-order valence-electron chi connectivity index (χ3n) is 8.10. The van der Waals surface area contributed by atoms with Crippen LogP contribution in [-0.2, 0) is 26.2 Å². The number of carbonyl (C=O) groups excluding carboxylic acids is 2. The van der Waals surface area contributed by atoms with Crippen LogP contribution in [0.5, 0.6) is 0 Å². The summed E-state index contributed by atoms with van der Waals surface area (Å²) in [7, 11) is -4.10. The zero-order valence-electron chi connectivity index (χ0n) is 25.4. The maximum atomic E-state index is 14.2. The van der Waals surface area contributed by atoms with Crippen LogP contribution in [0.2, 0.25) is 0 Å². The Bertz CT molecular complexity index is 1490. The lowest BCUT2D eigenvalue weighted by molar-refractivity contribution is -0.139. The van der Waals surface area contributed by atoms with Crippen molar-refractivity contribution in [2.75, 3.05) is 10.8 Å². The van der Waals surface area contributed by atoms with Crippen molar-refractivity contribution in [3.8, 4) is 0 Å². The van der Waals surface area contributed by atoms with Crippen molar-refractivity contribution in [2.24, 2.45) is 0 Å². The molecule has 2 amide bonds. The van der Waals surface area contributed by atoms with Crippen LogP contribution in [0.4, 0.5) is 5.69 Å². The van der Waals surface area contributed by atoms with Gasteiger partial charge in [0.1, 0.15) is 12.6 Å². The van der Waals surface area contributed by atoms with E-state index in [0.29, 0.717) is 5.69 Å². The van der Waals surface area contributed by atoms with Crippen LogP contribution in [0.3, 0.4) is 0 Å². The molecule has 1 N–H and O–H groups in total. The Morgan fingerprint density at radius 1 is 0.857 bits per heavy atom.